The summed E-state index contributed by atoms with van der Waals surface area (Å²) >= 11 is 0. The van der Waals surface area contributed by atoms with Crippen LogP contribution in [0.1, 0.15) is 35.7 Å². The highest BCUT2D eigenvalue weighted by Crippen LogP contribution is 2.21. The van der Waals surface area contributed by atoms with Gasteiger partial charge in [-0.25, -0.2) is 0 Å². The molecule has 2 N–H and O–H groups in total. The van der Waals surface area contributed by atoms with Crippen LogP contribution in [-0.4, -0.2) is 36.3 Å². The molecule has 0 bridgehead atoms. The third-order valence-corrected chi connectivity index (χ3v) is 6.00. The molecule has 0 aromatic heterocycles. The molecule has 6 heteroatoms. The van der Waals surface area contributed by atoms with Crippen LogP contribution in [0.2, 0.25) is 0 Å². The fourth-order valence-electron chi connectivity index (χ4n) is 3.95. The van der Waals surface area contributed by atoms with Gasteiger partial charge in [0.05, 0.1) is 6.54 Å². The number of likely N-dealkylation sites (tertiary alicyclic amines) is 1. The van der Waals surface area contributed by atoms with Gasteiger partial charge in [0.15, 0.2) is 0 Å². The quantitative estimate of drug-likeness (QED) is 0.488. The first kappa shape index (κ1) is 23.4. The number of benzene rings is 3. The lowest BCUT2D eigenvalue weighted by molar-refractivity contribution is -0.114. The van der Waals surface area contributed by atoms with Gasteiger partial charge in [0.25, 0.3) is 5.91 Å². The van der Waals surface area contributed by atoms with Crippen LogP contribution in [-0.2, 0) is 11.4 Å². The Morgan fingerprint density at radius 1 is 0.912 bits per heavy atom. The zero-order chi connectivity index (χ0) is 23.8. The number of amides is 2. The monoisotopic (exact) mass is 457 g/mol. The Morgan fingerprint density at radius 2 is 1.65 bits per heavy atom. The van der Waals surface area contributed by atoms with Crippen molar-refractivity contribution in [3.05, 3.63) is 90.0 Å². The zero-order valence-corrected chi connectivity index (χ0v) is 19.5. The number of piperidine rings is 1. The largest absolute Gasteiger partial charge is 0.489 e. The Kier molecular flexibility index (Phi) is 7.81. The van der Waals surface area contributed by atoms with Crippen LogP contribution in [0.4, 0.5) is 11.4 Å². The molecule has 0 radical (unpaired) electrons. The van der Waals surface area contributed by atoms with Gasteiger partial charge in [0, 0.05) is 36.1 Å². The van der Waals surface area contributed by atoms with Crippen LogP contribution in [0, 0.1) is 5.92 Å². The summed E-state index contributed by atoms with van der Waals surface area (Å²) in [6, 6.07) is 24.6. The van der Waals surface area contributed by atoms with Crippen molar-refractivity contribution < 1.29 is 14.3 Å². The van der Waals surface area contributed by atoms with Gasteiger partial charge < -0.3 is 20.3 Å². The summed E-state index contributed by atoms with van der Waals surface area (Å²) in [6.45, 7) is 4.38. The maximum atomic E-state index is 12.8. The minimum atomic E-state index is -0.179. The Bertz CT molecular complexity index is 1110. The SMILES string of the molecule is CC1CCN(C(=O)c2cccc(NCC(=O)Nc3cccc(OCc4ccccc4)c3)c2)CC1. The van der Waals surface area contributed by atoms with E-state index >= 15 is 0 Å². The predicted molar refractivity (Wildman–Crippen MR) is 135 cm³/mol. The molecular formula is C28H31N3O3. The van der Waals surface area contributed by atoms with Crippen molar-refractivity contribution in [1.82, 2.24) is 4.90 Å². The molecule has 3 aromatic rings. The minimum Gasteiger partial charge on any atom is -0.489 e. The van der Waals surface area contributed by atoms with E-state index in [9.17, 15) is 9.59 Å². The molecule has 34 heavy (non-hydrogen) atoms. The van der Waals surface area contributed by atoms with Crippen LogP contribution < -0.4 is 15.4 Å². The number of hydrogen-bond acceptors (Lipinski definition) is 4. The lowest BCUT2D eigenvalue weighted by atomic mass is 9.98. The van der Waals surface area contributed by atoms with Crippen molar-refractivity contribution in [3.63, 3.8) is 0 Å². The molecule has 1 aliphatic heterocycles. The molecule has 1 fully saturated rings. The number of carbonyl (C=O) groups excluding carboxylic acids is 2. The fourth-order valence-corrected chi connectivity index (χ4v) is 3.95. The third-order valence-electron chi connectivity index (χ3n) is 6.00. The van der Waals surface area contributed by atoms with Gasteiger partial charge in [0.2, 0.25) is 5.91 Å². The molecule has 6 nitrogen and oxygen atoms in total. The molecule has 0 atom stereocenters. The second kappa shape index (κ2) is 11.4. The highest BCUT2D eigenvalue weighted by atomic mass is 16.5. The minimum absolute atomic E-state index is 0.0484. The molecule has 0 spiro atoms. The standard InChI is InChI=1S/C28H31N3O3/c1-21-13-15-31(16-14-21)28(33)23-9-5-10-24(17-23)29-19-27(32)30-25-11-6-12-26(18-25)34-20-22-7-3-2-4-8-22/h2-12,17-18,21,29H,13-16,19-20H2,1H3,(H,30,32). The van der Waals surface area contributed by atoms with Crippen molar-refractivity contribution in [3.8, 4) is 5.75 Å². The Labute approximate surface area is 200 Å². The van der Waals surface area contributed by atoms with Crippen molar-refractivity contribution in [1.29, 1.82) is 0 Å². The molecule has 0 saturated carbocycles. The first-order chi connectivity index (χ1) is 16.6. The number of ether oxygens (including phenoxy) is 1. The molecule has 1 aliphatic rings. The number of carbonyl (C=O) groups is 2. The van der Waals surface area contributed by atoms with E-state index in [0.29, 0.717) is 29.5 Å². The number of hydrogen-bond donors (Lipinski definition) is 2. The van der Waals surface area contributed by atoms with Gasteiger partial charge in [-0.05, 0) is 54.7 Å². The molecule has 1 saturated heterocycles. The van der Waals surface area contributed by atoms with E-state index in [-0.39, 0.29) is 18.4 Å². The summed E-state index contributed by atoms with van der Waals surface area (Å²) in [4.78, 5) is 27.2. The van der Waals surface area contributed by atoms with E-state index in [2.05, 4.69) is 17.6 Å². The number of rotatable bonds is 8. The van der Waals surface area contributed by atoms with E-state index in [1.807, 2.05) is 77.7 Å². The maximum Gasteiger partial charge on any atom is 0.253 e. The summed E-state index contributed by atoms with van der Waals surface area (Å²) in [5.74, 6) is 1.23. The first-order valence-corrected chi connectivity index (χ1v) is 11.8. The average molecular weight is 458 g/mol. The molecule has 176 valence electrons. The maximum absolute atomic E-state index is 12.8. The van der Waals surface area contributed by atoms with Crippen molar-refractivity contribution in [2.75, 3.05) is 30.3 Å². The molecule has 3 aromatic carbocycles. The lowest BCUT2D eigenvalue weighted by Crippen LogP contribution is -2.37. The molecule has 2 amide bonds. The third kappa shape index (κ3) is 6.61. The number of nitrogens with zero attached hydrogens (tertiary/aromatic N) is 1. The van der Waals surface area contributed by atoms with Crippen LogP contribution in [0.25, 0.3) is 0 Å². The highest BCUT2D eigenvalue weighted by molar-refractivity contribution is 5.96. The van der Waals surface area contributed by atoms with Gasteiger partial charge in [-0.1, -0.05) is 49.4 Å². The molecule has 0 aliphatic carbocycles. The van der Waals surface area contributed by atoms with Crippen LogP contribution in [0.5, 0.6) is 5.75 Å². The number of nitrogens with one attached hydrogen (secondary N) is 2. The molecule has 1 heterocycles. The highest BCUT2D eigenvalue weighted by Gasteiger charge is 2.21. The van der Waals surface area contributed by atoms with E-state index in [1.54, 1.807) is 6.07 Å². The van der Waals surface area contributed by atoms with Gasteiger partial charge in [-0.3, -0.25) is 9.59 Å². The smallest absolute Gasteiger partial charge is 0.253 e. The van der Waals surface area contributed by atoms with E-state index in [1.165, 1.54) is 0 Å². The van der Waals surface area contributed by atoms with Gasteiger partial charge >= 0.3 is 0 Å². The van der Waals surface area contributed by atoms with Crippen molar-refractivity contribution in [2.45, 2.75) is 26.4 Å². The topological polar surface area (TPSA) is 70.7 Å². The summed E-state index contributed by atoms with van der Waals surface area (Å²) in [5, 5.41) is 6.00. The Balaban J connectivity index is 1.28. The van der Waals surface area contributed by atoms with E-state index < -0.39 is 0 Å². The molecular weight excluding hydrogens is 426 g/mol. The lowest BCUT2D eigenvalue weighted by Gasteiger charge is -2.30. The normalized spacial score (nSPS) is 13.9. The van der Waals surface area contributed by atoms with Crippen LogP contribution >= 0.6 is 0 Å². The second-order valence-electron chi connectivity index (χ2n) is 8.76. The van der Waals surface area contributed by atoms with Gasteiger partial charge in [0.1, 0.15) is 12.4 Å². The summed E-state index contributed by atoms with van der Waals surface area (Å²) in [5.41, 5.74) is 3.13. The Hall–Kier alpha value is -3.80. The van der Waals surface area contributed by atoms with Crippen molar-refractivity contribution in [2.24, 2.45) is 5.92 Å². The van der Waals surface area contributed by atoms with Crippen molar-refractivity contribution >= 4 is 23.2 Å². The predicted octanol–water partition coefficient (Wildman–Crippen LogP) is 5.19. The summed E-state index contributed by atoms with van der Waals surface area (Å²) in [7, 11) is 0. The fraction of sp³-hybridized carbons (Fsp3) is 0.286. The average Bonchev–Trinajstić information content (AvgIpc) is 2.87. The van der Waals surface area contributed by atoms with Gasteiger partial charge in [-0.2, -0.15) is 0 Å². The van der Waals surface area contributed by atoms with Gasteiger partial charge in [-0.15, -0.1) is 0 Å². The zero-order valence-electron chi connectivity index (χ0n) is 19.5. The van der Waals surface area contributed by atoms with Crippen LogP contribution in [0.15, 0.2) is 78.9 Å². The first-order valence-electron chi connectivity index (χ1n) is 11.8. The van der Waals surface area contributed by atoms with E-state index in [4.69, 9.17) is 4.74 Å². The Morgan fingerprint density at radius 3 is 2.44 bits per heavy atom. The molecule has 0 unspecified atom stereocenters. The number of anilines is 2. The second-order valence-corrected chi connectivity index (χ2v) is 8.76. The summed E-state index contributed by atoms with van der Waals surface area (Å²) < 4.78 is 5.83. The molecule has 4 rings (SSSR count). The van der Waals surface area contributed by atoms with E-state index in [0.717, 1.165) is 37.2 Å². The van der Waals surface area contributed by atoms with Crippen LogP contribution in [0.3, 0.4) is 0 Å². The summed E-state index contributed by atoms with van der Waals surface area (Å²) in [6.07, 6.45) is 2.09.